The Bertz CT molecular complexity index is 354. The smallest absolute Gasteiger partial charge is 0.407 e. The van der Waals surface area contributed by atoms with E-state index >= 15 is 0 Å². The van der Waals surface area contributed by atoms with E-state index in [2.05, 4.69) is 10.3 Å². The summed E-state index contributed by atoms with van der Waals surface area (Å²) in [5, 5.41) is 2.58. The zero-order chi connectivity index (χ0) is 9.97. The maximum atomic E-state index is 10.8. The van der Waals surface area contributed by atoms with Gasteiger partial charge in [0.25, 0.3) is 0 Å². The molecule has 0 aromatic carbocycles. The lowest BCUT2D eigenvalue weighted by Gasteiger charge is -2.08. The normalized spacial score (nSPS) is 20.1. The fraction of sp³-hybridized carbons (Fsp3) is 0.333. The Hall–Kier alpha value is -1.78. The number of cyclic esters (lactones) is 1. The molecule has 1 aromatic rings. The van der Waals surface area contributed by atoms with Crippen LogP contribution in [0.2, 0.25) is 0 Å². The number of pyridine rings is 1. The topological polar surface area (TPSA) is 60.5 Å². The van der Waals surface area contributed by atoms with Gasteiger partial charge >= 0.3 is 6.09 Å². The van der Waals surface area contributed by atoms with Crippen LogP contribution in [-0.2, 0) is 4.74 Å². The third-order valence-corrected chi connectivity index (χ3v) is 2.02. The maximum absolute atomic E-state index is 10.8. The van der Waals surface area contributed by atoms with Gasteiger partial charge in [0.1, 0.15) is 6.10 Å². The largest absolute Gasteiger partial charge is 0.481 e. The molecule has 0 bridgehead atoms. The van der Waals surface area contributed by atoms with Gasteiger partial charge in [-0.25, -0.2) is 9.78 Å². The molecule has 2 rings (SSSR count). The second kappa shape index (κ2) is 3.53. The number of amides is 1. The fourth-order valence-corrected chi connectivity index (χ4v) is 1.31. The fourth-order valence-electron chi connectivity index (χ4n) is 1.31. The summed E-state index contributed by atoms with van der Waals surface area (Å²) in [7, 11) is 1.55. The third-order valence-electron chi connectivity index (χ3n) is 2.02. The van der Waals surface area contributed by atoms with Crippen molar-refractivity contribution in [2.75, 3.05) is 13.7 Å². The van der Waals surface area contributed by atoms with Crippen LogP contribution in [-0.4, -0.2) is 24.7 Å². The van der Waals surface area contributed by atoms with E-state index < -0.39 is 0 Å². The molecule has 1 aromatic heterocycles. The molecule has 1 amide bonds. The first-order valence-electron chi connectivity index (χ1n) is 4.24. The van der Waals surface area contributed by atoms with E-state index in [-0.39, 0.29) is 12.2 Å². The zero-order valence-electron chi connectivity index (χ0n) is 7.69. The molecule has 0 aliphatic carbocycles. The van der Waals surface area contributed by atoms with E-state index in [0.29, 0.717) is 12.4 Å². The molecule has 1 aliphatic rings. The number of nitrogens with one attached hydrogen (secondary N) is 1. The maximum Gasteiger partial charge on any atom is 0.407 e. The summed E-state index contributed by atoms with van der Waals surface area (Å²) >= 11 is 0. The van der Waals surface area contributed by atoms with Crippen molar-refractivity contribution in [2.45, 2.75) is 6.10 Å². The van der Waals surface area contributed by atoms with E-state index in [1.807, 2.05) is 0 Å². The molecule has 0 saturated carbocycles. The lowest BCUT2D eigenvalue weighted by molar-refractivity contribution is 0.141. The molecular formula is C9H10N2O3. The molecular weight excluding hydrogens is 184 g/mol. The Morgan fingerprint density at radius 1 is 1.71 bits per heavy atom. The van der Waals surface area contributed by atoms with Gasteiger partial charge in [-0.3, -0.25) is 0 Å². The average Bonchev–Trinajstić information content (AvgIpc) is 2.65. The van der Waals surface area contributed by atoms with Crippen LogP contribution in [0, 0.1) is 0 Å². The highest BCUT2D eigenvalue weighted by Crippen LogP contribution is 2.22. The molecule has 14 heavy (non-hydrogen) atoms. The van der Waals surface area contributed by atoms with Crippen LogP contribution in [0.3, 0.4) is 0 Å². The minimum Gasteiger partial charge on any atom is -0.481 e. The highest BCUT2D eigenvalue weighted by molar-refractivity contribution is 5.69. The summed E-state index contributed by atoms with van der Waals surface area (Å²) < 4.78 is 9.98. The first-order chi connectivity index (χ1) is 6.79. The summed E-state index contributed by atoms with van der Waals surface area (Å²) in [4.78, 5) is 14.8. The molecule has 74 valence electrons. The number of hydrogen-bond acceptors (Lipinski definition) is 4. The third kappa shape index (κ3) is 1.61. The van der Waals surface area contributed by atoms with Crippen molar-refractivity contribution < 1.29 is 14.3 Å². The Kier molecular flexibility index (Phi) is 2.22. The van der Waals surface area contributed by atoms with Gasteiger partial charge < -0.3 is 14.8 Å². The van der Waals surface area contributed by atoms with Gasteiger partial charge in [0.2, 0.25) is 5.88 Å². The summed E-state index contributed by atoms with van der Waals surface area (Å²) in [6.45, 7) is 0.492. The Balaban J connectivity index is 2.19. The van der Waals surface area contributed by atoms with E-state index in [4.69, 9.17) is 9.47 Å². The minimum absolute atomic E-state index is 0.237. The average molecular weight is 194 g/mol. The lowest BCUT2D eigenvalue weighted by Crippen LogP contribution is -2.12. The number of ether oxygens (including phenoxy) is 2. The van der Waals surface area contributed by atoms with Crippen LogP contribution in [0.4, 0.5) is 4.79 Å². The summed E-state index contributed by atoms with van der Waals surface area (Å²) in [6, 6.07) is 3.55. The molecule has 5 nitrogen and oxygen atoms in total. The van der Waals surface area contributed by atoms with Gasteiger partial charge in [-0.2, -0.15) is 0 Å². The first kappa shape index (κ1) is 8.80. The Morgan fingerprint density at radius 3 is 3.21 bits per heavy atom. The number of carbonyl (C=O) groups is 1. The number of methoxy groups -OCH3 is 1. The van der Waals surface area contributed by atoms with E-state index in [9.17, 15) is 4.79 Å². The van der Waals surface area contributed by atoms with Crippen LogP contribution >= 0.6 is 0 Å². The highest BCUT2D eigenvalue weighted by atomic mass is 16.6. The van der Waals surface area contributed by atoms with E-state index in [1.165, 1.54) is 0 Å². The molecule has 1 saturated heterocycles. The lowest BCUT2D eigenvalue weighted by atomic mass is 10.1. The van der Waals surface area contributed by atoms with Gasteiger partial charge in [-0.1, -0.05) is 0 Å². The van der Waals surface area contributed by atoms with E-state index in [0.717, 1.165) is 5.56 Å². The number of alkyl carbamates (subject to hydrolysis) is 1. The predicted octanol–water partition coefficient (Wildman–Crippen LogP) is 0.871. The number of nitrogens with zero attached hydrogens (tertiary/aromatic N) is 1. The number of carbonyl (C=O) groups excluding carboxylic acids is 1. The van der Waals surface area contributed by atoms with Crippen molar-refractivity contribution in [1.29, 1.82) is 0 Å². The molecule has 1 N–H and O–H groups in total. The van der Waals surface area contributed by atoms with Gasteiger partial charge in [-0.15, -0.1) is 0 Å². The quantitative estimate of drug-likeness (QED) is 0.758. The molecule has 2 heterocycles. The minimum atomic E-state index is -0.384. The number of aromatic nitrogens is 1. The molecule has 1 unspecified atom stereocenters. The first-order valence-corrected chi connectivity index (χ1v) is 4.24. The molecule has 0 radical (unpaired) electrons. The molecule has 1 aliphatic heterocycles. The SMILES string of the molecule is COc1cc(C2CNC(=O)O2)ccn1. The second-order valence-electron chi connectivity index (χ2n) is 2.91. The molecule has 1 fully saturated rings. The Morgan fingerprint density at radius 2 is 2.57 bits per heavy atom. The monoisotopic (exact) mass is 194 g/mol. The molecule has 5 heteroatoms. The Labute approximate surface area is 81.0 Å². The van der Waals surface area contributed by atoms with Crippen LogP contribution in [0.5, 0.6) is 5.88 Å². The van der Waals surface area contributed by atoms with Crippen LogP contribution < -0.4 is 10.1 Å². The van der Waals surface area contributed by atoms with Gasteiger partial charge in [0.15, 0.2) is 0 Å². The zero-order valence-corrected chi connectivity index (χ0v) is 7.69. The number of hydrogen-bond donors (Lipinski definition) is 1. The second-order valence-corrected chi connectivity index (χ2v) is 2.91. The van der Waals surface area contributed by atoms with E-state index in [1.54, 1.807) is 25.4 Å². The van der Waals surface area contributed by atoms with Crippen molar-refractivity contribution in [3.8, 4) is 5.88 Å². The van der Waals surface area contributed by atoms with Gasteiger partial charge in [0, 0.05) is 17.8 Å². The van der Waals surface area contributed by atoms with Crippen molar-refractivity contribution in [2.24, 2.45) is 0 Å². The van der Waals surface area contributed by atoms with Crippen molar-refractivity contribution in [1.82, 2.24) is 10.3 Å². The van der Waals surface area contributed by atoms with Gasteiger partial charge in [-0.05, 0) is 6.07 Å². The van der Waals surface area contributed by atoms with Crippen LogP contribution in [0.15, 0.2) is 18.3 Å². The van der Waals surface area contributed by atoms with Crippen molar-refractivity contribution >= 4 is 6.09 Å². The summed E-state index contributed by atoms with van der Waals surface area (Å²) in [5.41, 5.74) is 0.884. The predicted molar refractivity (Wildman–Crippen MR) is 48.0 cm³/mol. The standard InChI is InChI=1S/C9H10N2O3/c1-13-8-4-6(2-3-10-8)7-5-11-9(12)14-7/h2-4,7H,5H2,1H3,(H,11,12). The molecule has 0 spiro atoms. The molecule has 1 atom stereocenters. The van der Waals surface area contributed by atoms with Crippen molar-refractivity contribution in [3.63, 3.8) is 0 Å². The van der Waals surface area contributed by atoms with Crippen LogP contribution in [0.1, 0.15) is 11.7 Å². The van der Waals surface area contributed by atoms with Gasteiger partial charge in [0.05, 0.1) is 13.7 Å². The summed E-state index contributed by atoms with van der Waals surface area (Å²) in [6.07, 6.45) is 1.01. The highest BCUT2D eigenvalue weighted by Gasteiger charge is 2.24. The van der Waals surface area contributed by atoms with Crippen LogP contribution in [0.25, 0.3) is 0 Å². The van der Waals surface area contributed by atoms with Crippen molar-refractivity contribution in [3.05, 3.63) is 23.9 Å². The summed E-state index contributed by atoms with van der Waals surface area (Å²) in [5.74, 6) is 0.519. The number of rotatable bonds is 2.